The molecule has 5 heteroatoms. The molecule has 54 valence electrons. The van der Waals surface area contributed by atoms with Gasteiger partial charge in [-0.25, -0.2) is 8.42 Å². The Balaban J connectivity index is 2.77. The number of halogens is 2. The van der Waals surface area contributed by atoms with E-state index in [1.54, 1.807) is 0 Å². The van der Waals surface area contributed by atoms with Crippen LogP contribution in [0.25, 0.3) is 0 Å². The van der Waals surface area contributed by atoms with E-state index in [9.17, 15) is 8.42 Å². The molecule has 0 saturated carbocycles. The standard InChI is InChI=1S/C4H6BrClO2S/c5-3-1-9(7,8)2-4(3)6/h3-4H,1-2H2/t3-,4-/m1/s1. The van der Waals surface area contributed by atoms with Crippen LogP contribution in [0.15, 0.2) is 0 Å². The fraction of sp³-hybridized carbons (Fsp3) is 1.00. The molecule has 1 saturated heterocycles. The van der Waals surface area contributed by atoms with Crippen molar-refractivity contribution >= 4 is 37.4 Å². The lowest BCUT2D eigenvalue weighted by Crippen LogP contribution is -2.09. The molecule has 0 aromatic carbocycles. The predicted octanol–water partition coefficient (Wildman–Crippen LogP) is 0.786. The number of sulfone groups is 1. The minimum Gasteiger partial charge on any atom is -0.229 e. The lowest BCUT2D eigenvalue weighted by atomic mass is 10.4. The predicted molar refractivity (Wildman–Crippen MR) is 41.0 cm³/mol. The Morgan fingerprint density at radius 3 is 2.11 bits per heavy atom. The van der Waals surface area contributed by atoms with Gasteiger partial charge in [-0.15, -0.1) is 11.6 Å². The minimum atomic E-state index is -2.82. The second-order valence-electron chi connectivity index (χ2n) is 2.11. The van der Waals surface area contributed by atoms with Crippen molar-refractivity contribution in [1.29, 1.82) is 0 Å². The van der Waals surface area contributed by atoms with E-state index in [1.807, 2.05) is 0 Å². The highest BCUT2D eigenvalue weighted by Gasteiger charge is 2.34. The summed E-state index contributed by atoms with van der Waals surface area (Å²) < 4.78 is 21.5. The van der Waals surface area contributed by atoms with Gasteiger partial charge in [0.15, 0.2) is 9.84 Å². The van der Waals surface area contributed by atoms with Crippen molar-refractivity contribution in [2.45, 2.75) is 10.2 Å². The van der Waals surface area contributed by atoms with Gasteiger partial charge < -0.3 is 0 Å². The summed E-state index contributed by atoms with van der Waals surface area (Å²) in [6.45, 7) is 0. The molecular formula is C4H6BrClO2S. The van der Waals surface area contributed by atoms with Crippen molar-refractivity contribution in [2.24, 2.45) is 0 Å². The van der Waals surface area contributed by atoms with Gasteiger partial charge in [0.25, 0.3) is 0 Å². The van der Waals surface area contributed by atoms with E-state index in [4.69, 9.17) is 11.6 Å². The van der Waals surface area contributed by atoms with Crippen LogP contribution in [0.2, 0.25) is 0 Å². The molecule has 0 unspecified atom stereocenters. The Morgan fingerprint density at radius 2 is 2.00 bits per heavy atom. The first-order valence-electron chi connectivity index (χ1n) is 2.50. The fourth-order valence-corrected chi connectivity index (χ4v) is 4.75. The highest BCUT2D eigenvalue weighted by molar-refractivity contribution is 9.09. The third-order valence-electron chi connectivity index (χ3n) is 1.22. The van der Waals surface area contributed by atoms with E-state index < -0.39 is 9.84 Å². The molecule has 9 heavy (non-hydrogen) atoms. The summed E-state index contributed by atoms with van der Waals surface area (Å²) in [4.78, 5) is -0.0517. The first-order chi connectivity index (χ1) is 4.01. The Morgan fingerprint density at radius 1 is 1.44 bits per heavy atom. The van der Waals surface area contributed by atoms with Crippen molar-refractivity contribution < 1.29 is 8.42 Å². The van der Waals surface area contributed by atoms with Crippen LogP contribution >= 0.6 is 27.5 Å². The van der Waals surface area contributed by atoms with Gasteiger partial charge in [-0.1, -0.05) is 15.9 Å². The molecular weight excluding hydrogens is 227 g/mol. The monoisotopic (exact) mass is 232 g/mol. The van der Waals surface area contributed by atoms with E-state index >= 15 is 0 Å². The summed E-state index contributed by atoms with van der Waals surface area (Å²) in [6, 6.07) is 0. The molecule has 1 aliphatic heterocycles. The average Bonchev–Trinajstić information content (AvgIpc) is 1.79. The Labute approximate surface area is 67.6 Å². The Hall–Kier alpha value is 0.720. The molecule has 0 amide bonds. The summed E-state index contributed by atoms with van der Waals surface area (Å²) in [6.07, 6.45) is 0. The smallest absolute Gasteiger partial charge is 0.152 e. The lowest BCUT2D eigenvalue weighted by Gasteiger charge is -1.97. The Bertz CT molecular complexity index is 185. The number of rotatable bonds is 0. The van der Waals surface area contributed by atoms with Crippen LogP contribution in [-0.2, 0) is 9.84 Å². The third kappa shape index (κ3) is 1.82. The average molecular weight is 234 g/mol. The zero-order valence-corrected chi connectivity index (χ0v) is 7.71. The zero-order chi connectivity index (χ0) is 7.07. The van der Waals surface area contributed by atoms with Gasteiger partial charge in [0.1, 0.15) is 0 Å². The third-order valence-corrected chi connectivity index (χ3v) is 5.29. The molecule has 0 bridgehead atoms. The van der Waals surface area contributed by atoms with Gasteiger partial charge >= 0.3 is 0 Å². The molecule has 0 radical (unpaired) electrons. The molecule has 1 fully saturated rings. The highest BCUT2D eigenvalue weighted by Crippen LogP contribution is 2.23. The van der Waals surface area contributed by atoms with Crippen LogP contribution in [0.1, 0.15) is 0 Å². The van der Waals surface area contributed by atoms with Crippen LogP contribution in [0.4, 0.5) is 0 Å². The van der Waals surface area contributed by atoms with Crippen molar-refractivity contribution in [3.8, 4) is 0 Å². The van der Waals surface area contributed by atoms with Crippen molar-refractivity contribution in [1.82, 2.24) is 0 Å². The van der Waals surface area contributed by atoms with Crippen LogP contribution in [-0.4, -0.2) is 30.1 Å². The van der Waals surface area contributed by atoms with Crippen molar-refractivity contribution in [3.63, 3.8) is 0 Å². The number of alkyl halides is 2. The fourth-order valence-electron chi connectivity index (χ4n) is 0.762. The first-order valence-corrected chi connectivity index (χ1v) is 5.67. The van der Waals surface area contributed by atoms with Crippen LogP contribution in [0.5, 0.6) is 0 Å². The molecule has 0 N–H and O–H groups in total. The van der Waals surface area contributed by atoms with Gasteiger partial charge in [0.2, 0.25) is 0 Å². The molecule has 0 aromatic rings. The molecule has 1 aliphatic rings. The van der Waals surface area contributed by atoms with E-state index in [0.29, 0.717) is 0 Å². The molecule has 0 aliphatic carbocycles. The summed E-state index contributed by atoms with van der Waals surface area (Å²) >= 11 is 8.79. The van der Waals surface area contributed by atoms with Crippen molar-refractivity contribution in [3.05, 3.63) is 0 Å². The molecule has 0 spiro atoms. The number of hydrogen-bond donors (Lipinski definition) is 0. The van der Waals surface area contributed by atoms with Crippen LogP contribution in [0.3, 0.4) is 0 Å². The molecule has 1 heterocycles. The molecule has 2 nitrogen and oxygen atoms in total. The maximum atomic E-state index is 10.7. The van der Waals surface area contributed by atoms with E-state index in [2.05, 4.69) is 15.9 Å². The second-order valence-corrected chi connectivity index (χ2v) is 6.00. The van der Waals surface area contributed by atoms with Gasteiger partial charge in [0.05, 0.1) is 16.9 Å². The first kappa shape index (κ1) is 7.82. The van der Waals surface area contributed by atoms with Gasteiger partial charge in [0, 0.05) is 4.83 Å². The van der Waals surface area contributed by atoms with E-state index in [0.717, 1.165) is 0 Å². The maximum absolute atomic E-state index is 10.7. The molecule has 0 aromatic heterocycles. The normalized spacial score (nSPS) is 41.1. The highest BCUT2D eigenvalue weighted by atomic mass is 79.9. The maximum Gasteiger partial charge on any atom is 0.152 e. The minimum absolute atomic E-state index is 0.0517. The summed E-state index contributed by atoms with van der Waals surface area (Å²) in [5.74, 6) is 0.297. The summed E-state index contributed by atoms with van der Waals surface area (Å²) in [5.41, 5.74) is 0. The van der Waals surface area contributed by atoms with E-state index in [-0.39, 0.29) is 21.7 Å². The number of hydrogen-bond acceptors (Lipinski definition) is 2. The van der Waals surface area contributed by atoms with Gasteiger partial charge in [-0.3, -0.25) is 0 Å². The zero-order valence-electron chi connectivity index (χ0n) is 4.55. The largest absolute Gasteiger partial charge is 0.229 e. The quantitative estimate of drug-likeness (QED) is 0.580. The van der Waals surface area contributed by atoms with Crippen LogP contribution < -0.4 is 0 Å². The summed E-state index contributed by atoms with van der Waals surface area (Å²) in [7, 11) is -2.82. The van der Waals surface area contributed by atoms with Crippen LogP contribution in [0, 0.1) is 0 Å². The van der Waals surface area contributed by atoms with E-state index in [1.165, 1.54) is 0 Å². The summed E-state index contributed by atoms with van der Waals surface area (Å²) in [5, 5.41) is -0.241. The second kappa shape index (κ2) is 2.40. The topological polar surface area (TPSA) is 34.1 Å². The molecule has 1 rings (SSSR count). The molecule has 2 atom stereocenters. The SMILES string of the molecule is O=S1(=O)C[C@@H](Cl)[C@H](Br)C1. The lowest BCUT2D eigenvalue weighted by molar-refractivity contribution is 0.602. The van der Waals surface area contributed by atoms with Crippen molar-refractivity contribution in [2.75, 3.05) is 11.5 Å². The Kier molecular flexibility index (Phi) is 2.08. The van der Waals surface area contributed by atoms with Gasteiger partial charge in [-0.2, -0.15) is 0 Å². The van der Waals surface area contributed by atoms with Gasteiger partial charge in [-0.05, 0) is 0 Å².